The van der Waals surface area contributed by atoms with E-state index in [2.05, 4.69) is 18.3 Å². The number of nitrogens with one attached hydrogen (secondary N) is 1. The first-order valence-electron chi connectivity index (χ1n) is 5.37. The lowest BCUT2D eigenvalue weighted by molar-refractivity contribution is 0.627. The van der Waals surface area contributed by atoms with Crippen LogP contribution in [0.1, 0.15) is 24.5 Å². The predicted molar refractivity (Wildman–Crippen MR) is 63.3 cm³/mol. The van der Waals surface area contributed by atoms with Crippen molar-refractivity contribution < 1.29 is 4.39 Å². The second-order valence-electron chi connectivity index (χ2n) is 3.55. The highest BCUT2D eigenvalue weighted by molar-refractivity contribution is 5.53. The van der Waals surface area contributed by atoms with Gasteiger partial charge in [-0.05, 0) is 49.7 Å². The average Bonchev–Trinajstić information content (AvgIpc) is 2.23. The minimum Gasteiger partial charge on any atom is -0.317 e. The highest BCUT2D eigenvalue weighted by Crippen LogP contribution is 2.11. The fourth-order valence-corrected chi connectivity index (χ4v) is 1.36. The Labute approximate surface area is 91.0 Å². The van der Waals surface area contributed by atoms with Gasteiger partial charge in [-0.3, -0.25) is 0 Å². The van der Waals surface area contributed by atoms with Crippen molar-refractivity contribution in [1.82, 2.24) is 5.32 Å². The van der Waals surface area contributed by atoms with E-state index in [1.54, 1.807) is 12.1 Å². The summed E-state index contributed by atoms with van der Waals surface area (Å²) in [6.07, 6.45) is 5.03. The van der Waals surface area contributed by atoms with Crippen molar-refractivity contribution in [2.75, 3.05) is 13.1 Å². The van der Waals surface area contributed by atoms with E-state index in [1.807, 2.05) is 13.0 Å². The van der Waals surface area contributed by atoms with Crippen molar-refractivity contribution in [2.24, 2.45) is 0 Å². The Kier molecular flexibility index (Phi) is 5.05. The van der Waals surface area contributed by atoms with Crippen LogP contribution < -0.4 is 5.32 Å². The average molecular weight is 207 g/mol. The van der Waals surface area contributed by atoms with Gasteiger partial charge in [0, 0.05) is 0 Å². The quantitative estimate of drug-likeness (QED) is 0.731. The topological polar surface area (TPSA) is 12.0 Å². The Morgan fingerprint density at radius 3 is 2.93 bits per heavy atom. The number of benzene rings is 1. The maximum absolute atomic E-state index is 12.9. The predicted octanol–water partition coefficient (Wildman–Crippen LogP) is 3.15. The van der Waals surface area contributed by atoms with Crippen LogP contribution in [0.5, 0.6) is 0 Å². The summed E-state index contributed by atoms with van der Waals surface area (Å²) in [5.74, 6) is -0.174. The van der Waals surface area contributed by atoms with Crippen LogP contribution in [0.25, 0.3) is 6.08 Å². The van der Waals surface area contributed by atoms with Crippen LogP contribution >= 0.6 is 0 Å². The van der Waals surface area contributed by atoms with Gasteiger partial charge in [-0.25, -0.2) is 4.39 Å². The Morgan fingerprint density at radius 2 is 2.20 bits per heavy atom. The molecule has 1 N–H and O–H groups in total. The zero-order valence-electron chi connectivity index (χ0n) is 9.39. The van der Waals surface area contributed by atoms with Crippen LogP contribution in [0.4, 0.5) is 4.39 Å². The van der Waals surface area contributed by atoms with Gasteiger partial charge < -0.3 is 5.32 Å². The van der Waals surface area contributed by atoms with E-state index >= 15 is 0 Å². The molecule has 0 aliphatic rings. The van der Waals surface area contributed by atoms with Gasteiger partial charge in [0.05, 0.1) is 0 Å². The molecule has 1 rings (SSSR count). The summed E-state index contributed by atoms with van der Waals surface area (Å²) in [6.45, 7) is 6.04. The summed E-state index contributed by atoms with van der Waals surface area (Å²) in [5.41, 5.74) is 2.07. The van der Waals surface area contributed by atoms with Gasteiger partial charge in [-0.15, -0.1) is 0 Å². The molecule has 82 valence electrons. The van der Waals surface area contributed by atoms with Crippen molar-refractivity contribution in [1.29, 1.82) is 0 Å². The molecule has 0 bridgehead atoms. The summed E-state index contributed by atoms with van der Waals surface area (Å²) >= 11 is 0. The molecule has 0 saturated carbocycles. The molecule has 0 saturated heterocycles. The third-order valence-electron chi connectivity index (χ3n) is 2.28. The van der Waals surface area contributed by atoms with Crippen molar-refractivity contribution in [3.05, 3.63) is 41.2 Å². The lowest BCUT2D eigenvalue weighted by atomic mass is 10.1. The molecule has 1 aromatic rings. The van der Waals surface area contributed by atoms with E-state index in [0.29, 0.717) is 0 Å². The Bertz CT molecular complexity index is 331. The summed E-state index contributed by atoms with van der Waals surface area (Å²) < 4.78 is 12.9. The van der Waals surface area contributed by atoms with Crippen LogP contribution in [-0.4, -0.2) is 13.1 Å². The molecule has 0 aromatic heterocycles. The van der Waals surface area contributed by atoms with Crippen LogP contribution in [0, 0.1) is 12.7 Å². The Hall–Kier alpha value is -1.15. The minimum atomic E-state index is -0.174. The number of hydrogen-bond acceptors (Lipinski definition) is 1. The molecule has 15 heavy (non-hydrogen) atoms. The third-order valence-corrected chi connectivity index (χ3v) is 2.28. The highest BCUT2D eigenvalue weighted by Gasteiger charge is 1.95. The molecular weight excluding hydrogens is 189 g/mol. The maximum Gasteiger partial charge on any atom is 0.123 e. The molecule has 2 heteroatoms. The molecule has 0 radical (unpaired) electrons. The molecule has 0 atom stereocenters. The Morgan fingerprint density at radius 1 is 1.40 bits per heavy atom. The maximum atomic E-state index is 12.9. The third kappa shape index (κ3) is 4.26. The standard InChI is InChI=1S/C13H18FN/c1-3-15-9-5-4-6-12-10-13(14)8-7-11(12)2/h4,6-8,10,15H,3,5,9H2,1-2H3. The monoisotopic (exact) mass is 207 g/mol. The molecule has 0 heterocycles. The normalized spacial score (nSPS) is 11.1. The fraction of sp³-hybridized carbons (Fsp3) is 0.385. The van der Waals surface area contributed by atoms with Crippen LogP contribution in [0.2, 0.25) is 0 Å². The Balaban J connectivity index is 2.52. The zero-order chi connectivity index (χ0) is 11.1. The van der Waals surface area contributed by atoms with Gasteiger partial charge in [-0.2, -0.15) is 0 Å². The zero-order valence-corrected chi connectivity index (χ0v) is 9.39. The van der Waals surface area contributed by atoms with Crippen molar-refractivity contribution >= 4 is 6.08 Å². The molecule has 0 aliphatic carbocycles. The molecule has 0 unspecified atom stereocenters. The smallest absolute Gasteiger partial charge is 0.123 e. The van der Waals surface area contributed by atoms with E-state index in [0.717, 1.165) is 30.6 Å². The van der Waals surface area contributed by atoms with Gasteiger partial charge in [0.2, 0.25) is 0 Å². The molecule has 0 spiro atoms. The van der Waals surface area contributed by atoms with Crippen molar-refractivity contribution in [2.45, 2.75) is 20.3 Å². The van der Waals surface area contributed by atoms with Crippen LogP contribution in [0.3, 0.4) is 0 Å². The first-order chi connectivity index (χ1) is 7.24. The first kappa shape index (κ1) is 11.9. The molecule has 0 fully saturated rings. The van der Waals surface area contributed by atoms with Crippen molar-refractivity contribution in [3.63, 3.8) is 0 Å². The summed E-state index contributed by atoms with van der Waals surface area (Å²) in [7, 11) is 0. The van der Waals surface area contributed by atoms with Gasteiger partial charge in [0.1, 0.15) is 5.82 Å². The van der Waals surface area contributed by atoms with E-state index < -0.39 is 0 Å². The molecule has 1 aromatic carbocycles. The second-order valence-corrected chi connectivity index (χ2v) is 3.55. The highest BCUT2D eigenvalue weighted by atomic mass is 19.1. The summed E-state index contributed by atoms with van der Waals surface area (Å²) in [6, 6.07) is 4.86. The minimum absolute atomic E-state index is 0.174. The van der Waals surface area contributed by atoms with E-state index in [1.165, 1.54) is 6.07 Å². The summed E-state index contributed by atoms with van der Waals surface area (Å²) in [5, 5.41) is 3.24. The molecule has 0 aliphatic heterocycles. The largest absolute Gasteiger partial charge is 0.317 e. The van der Waals surface area contributed by atoms with Gasteiger partial charge in [-0.1, -0.05) is 25.1 Å². The van der Waals surface area contributed by atoms with E-state index in [9.17, 15) is 4.39 Å². The molecule has 1 nitrogen and oxygen atoms in total. The molecular formula is C13H18FN. The lowest BCUT2D eigenvalue weighted by Gasteiger charge is -2.00. The van der Waals surface area contributed by atoms with E-state index in [-0.39, 0.29) is 5.82 Å². The SMILES string of the molecule is CCNCCC=Cc1cc(F)ccc1C. The first-order valence-corrected chi connectivity index (χ1v) is 5.37. The van der Waals surface area contributed by atoms with Gasteiger partial charge in [0.15, 0.2) is 0 Å². The fourth-order valence-electron chi connectivity index (χ4n) is 1.36. The van der Waals surface area contributed by atoms with Crippen LogP contribution in [-0.2, 0) is 0 Å². The number of hydrogen-bond donors (Lipinski definition) is 1. The second kappa shape index (κ2) is 6.36. The molecule has 0 amide bonds. The van der Waals surface area contributed by atoms with Gasteiger partial charge >= 0.3 is 0 Å². The van der Waals surface area contributed by atoms with E-state index in [4.69, 9.17) is 0 Å². The summed E-state index contributed by atoms with van der Waals surface area (Å²) in [4.78, 5) is 0. The van der Waals surface area contributed by atoms with Crippen molar-refractivity contribution in [3.8, 4) is 0 Å². The number of aryl methyl sites for hydroxylation is 1. The number of rotatable bonds is 5. The number of halogens is 1. The lowest BCUT2D eigenvalue weighted by Crippen LogP contribution is -2.12. The van der Waals surface area contributed by atoms with Crippen LogP contribution in [0.15, 0.2) is 24.3 Å². The van der Waals surface area contributed by atoms with Gasteiger partial charge in [0.25, 0.3) is 0 Å².